The van der Waals surface area contributed by atoms with Crippen LogP contribution in [0.4, 0.5) is 0 Å². The number of nitrogens with zero attached hydrogens (tertiary/aromatic N) is 2. The lowest BCUT2D eigenvalue weighted by molar-refractivity contribution is -0.139. The van der Waals surface area contributed by atoms with Crippen LogP contribution in [0.5, 0.6) is 5.75 Å². The van der Waals surface area contributed by atoms with E-state index in [1.165, 1.54) is 5.56 Å². The van der Waals surface area contributed by atoms with E-state index in [4.69, 9.17) is 9.47 Å². The maximum absolute atomic E-state index is 13.0. The van der Waals surface area contributed by atoms with Gasteiger partial charge in [-0.1, -0.05) is 42.5 Å². The summed E-state index contributed by atoms with van der Waals surface area (Å²) in [6.07, 6.45) is 3.33. The Labute approximate surface area is 190 Å². The van der Waals surface area contributed by atoms with Crippen LogP contribution >= 0.6 is 0 Å². The molecule has 1 atom stereocenters. The molecule has 0 N–H and O–H groups in total. The Hall–Kier alpha value is -2.86. The van der Waals surface area contributed by atoms with Gasteiger partial charge in [0.1, 0.15) is 5.75 Å². The third-order valence-corrected chi connectivity index (χ3v) is 6.17. The van der Waals surface area contributed by atoms with Crippen molar-refractivity contribution in [3.05, 3.63) is 65.7 Å². The van der Waals surface area contributed by atoms with Gasteiger partial charge in [-0.25, -0.2) is 0 Å². The number of hydrogen-bond acceptors (Lipinski definition) is 4. The molecule has 0 spiro atoms. The molecule has 0 unspecified atom stereocenters. The van der Waals surface area contributed by atoms with E-state index in [1.807, 2.05) is 47.4 Å². The van der Waals surface area contributed by atoms with E-state index in [0.29, 0.717) is 38.6 Å². The summed E-state index contributed by atoms with van der Waals surface area (Å²) < 4.78 is 11.5. The fourth-order valence-corrected chi connectivity index (χ4v) is 4.07. The van der Waals surface area contributed by atoms with E-state index < -0.39 is 0 Å². The van der Waals surface area contributed by atoms with E-state index in [1.54, 1.807) is 12.0 Å². The van der Waals surface area contributed by atoms with Crippen molar-refractivity contribution < 1.29 is 19.1 Å². The Morgan fingerprint density at radius 2 is 1.81 bits per heavy atom. The van der Waals surface area contributed by atoms with Gasteiger partial charge in [-0.3, -0.25) is 9.59 Å². The first-order valence-corrected chi connectivity index (χ1v) is 11.4. The van der Waals surface area contributed by atoms with Crippen molar-refractivity contribution in [3.63, 3.8) is 0 Å². The lowest BCUT2D eigenvalue weighted by Gasteiger charge is -2.25. The van der Waals surface area contributed by atoms with Crippen molar-refractivity contribution in [2.75, 3.05) is 33.3 Å². The van der Waals surface area contributed by atoms with Crippen LogP contribution in [0, 0.1) is 5.92 Å². The lowest BCUT2D eigenvalue weighted by atomic mass is 10.1. The molecule has 1 aliphatic heterocycles. The van der Waals surface area contributed by atoms with Crippen molar-refractivity contribution in [2.45, 2.75) is 38.4 Å². The van der Waals surface area contributed by atoms with Crippen LogP contribution in [0.15, 0.2) is 54.6 Å². The molecular weight excluding hydrogens is 404 g/mol. The van der Waals surface area contributed by atoms with Gasteiger partial charge in [0, 0.05) is 26.1 Å². The summed E-state index contributed by atoms with van der Waals surface area (Å²) in [7, 11) is 1.64. The van der Waals surface area contributed by atoms with Crippen molar-refractivity contribution in [1.29, 1.82) is 0 Å². The van der Waals surface area contributed by atoms with E-state index in [-0.39, 0.29) is 24.5 Å². The highest BCUT2D eigenvalue weighted by Crippen LogP contribution is 2.33. The summed E-state index contributed by atoms with van der Waals surface area (Å²) in [5.41, 5.74) is 2.20. The smallest absolute Gasteiger partial charge is 0.242 e. The van der Waals surface area contributed by atoms with Crippen LogP contribution in [0.25, 0.3) is 0 Å². The van der Waals surface area contributed by atoms with Gasteiger partial charge >= 0.3 is 0 Å². The average Bonchev–Trinajstić information content (AvgIpc) is 3.65. The molecule has 32 heavy (non-hydrogen) atoms. The molecule has 0 radical (unpaired) electrons. The normalized spacial score (nSPS) is 19.0. The van der Waals surface area contributed by atoms with Gasteiger partial charge in [-0.15, -0.1) is 0 Å². The predicted molar refractivity (Wildman–Crippen MR) is 122 cm³/mol. The molecule has 6 heteroatoms. The van der Waals surface area contributed by atoms with Crippen LogP contribution in [0.2, 0.25) is 0 Å². The zero-order chi connectivity index (χ0) is 22.3. The van der Waals surface area contributed by atoms with Gasteiger partial charge in [0.25, 0.3) is 0 Å². The second kappa shape index (κ2) is 10.6. The Bertz CT molecular complexity index is 913. The number of amides is 2. The van der Waals surface area contributed by atoms with Crippen molar-refractivity contribution in [3.8, 4) is 5.75 Å². The van der Waals surface area contributed by atoms with E-state index in [9.17, 15) is 9.59 Å². The van der Waals surface area contributed by atoms with Gasteiger partial charge < -0.3 is 19.3 Å². The molecule has 1 saturated heterocycles. The molecule has 2 aromatic rings. The Morgan fingerprint density at radius 3 is 2.56 bits per heavy atom. The third kappa shape index (κ3) is 6.33. The minimum Gasteiger partial charge on any atom is -0.497 e. The fraction of sp³-hybridized carbons (Fsp3) is 0.462. The molecular formula is C26H32N2O4. The SMILES string of the molecule is COc1cccc(CO[C@H]2CN(CCc3ccccc3)C(=O)CN(C(=O)CC3CC3)C2)c1. The van der Waals surface area contributed by atoms with E-state index in [0.717, 1.165) is 30.6 Å². The standard InChI is InChI=1S/C26H32N2O4/c1-31-23-9-5-8-22(14-23)19-32-24-16-27(13-12-20-6-3-2-4-7-20)26(30)18-28(17-24)25(29)15-21-10-11-21/h2-9,14,21,24H,10-13,15-19H2,1H3/t24-/m0/s1. The van der Waals surface area contributed by atoms with Crippen LogP contribution < -0.4 is 4.74 Å². The molecule has 2 amide bonds. The molecule has 1 saturated carbocycles. The molecule has 0 bridgehead atoms. The molecule has 1 aliphatic carbocycles. The van der Waals surface area contributed by atoms with Gasteiger partial charge in [0.15, 0.2) is 0 Å². The van der Waals surface area contributed by atoms with E-state index in [2.05, 4.69) is 12.1 Å². The average molecular weight is 437 g/mol. The number of methoxy groups -OCH3 is 1. The number of carbonyl (C=O) groups excluding carboxylic acids is 2. The molecule has 2 fully saturated rings. The summed E-state index contributed by atoms with van der Waals surface area (Å²) in [4.78, 5) is 29.4. The quantitative estimate of drug-likeness (QED) is 0.605. The first-order chi connectivity index (χ1) is 15.6. The highest BCUT2D eigenvalue weighted by Gasteiger charge is 2.33. The maximum Gasteiger partial charge on any atom is 0.242 e. The Kier molecular flexibility index (Phi) is 7.43. The van der Waals surface area contributed by atoms with Crippen LogP contribution in [-0.4, -0.2) is 61.0 Å². The molecule has 2 aliphatic rings. The summed E-state index contributed by atoms with van der Waals surface area (Å²) in [5.74, 6) is 1.34. The second-order valence-corrected chi connectivity index (χ2v) is 8.78. The van der Waals surface area contributed by atoms with Gasteiger partial charge in [-0.2, -0.15) is 0 Å². The van der Waals surface area contributed by atoms with Crippen LogP contribution in [0.1, 0.15) is 30.4 Å². The number of carbonyl (C=O) groups is 2. The zero-order valence-corrected chi connectivity index (χ0v) is 18.7. The highest BCUT2D eigenvalue weighted by atomic mass is 16.5. The molecule has 170 valence electrons. The first-order valence-electron chi connectivity index (χ1n) is 11.4. The summed E-state index contributed by atoms with van der Waals surface area (Å²) in [6.45, 7) is 2.10. The molecule has 0 aromatic heterocycles. The lowest BCUT2D eigenvalue weighted by Crippen LogP contribution is -2.40. The Morgan fingerprint density at radius 1 is 1.03 bits per heavy atom. The number of benzene rings is 2. The van der Waals surface area contributed by atoms with Crippen LogP contribution in [0.3, 0.4) is 0 Å². The van der Waals surface area contributed by atoms with Crippen LogP contribution in [-0.2, 0) is 27.4 Å². The Balaban J connectivity index is 1.43. The molecule has 2 aromatic carbocycles. The van der Waals surface area contributed by atoms with Crippen molar-refractivity contribution in [1.82, 2.24) is 9.80 Å². The molecule has 6 nitrogen and oxygen atoms in total. The fourth-order valence-electron chi connectivity index (χ4n) is 4.07. The number of rotatable bonds is 9. The summed E-state index contributed by atoms with van der Waals surface area (Å²) >= 11 is 0. The molecule has 1 heterocycles. The van der Waals surface area contributed by atoms with Crippen molar-refractivity contribution >= 4 is 11.8 Å². The maximum atomic E-state index is 13.0. The van der Waals surface area contributed by atoms with Gasteiger partial charge in [0.2, 0.25) is 11.8 Å². The monoisotopic (exact) mass is 436 g/mol. The minimum absolute atomic E-state index is 0.00226. The third-order valence-electron chi connectivity index (χ3n) is 6.17. The minimum atomic E-state index is -0.230. The van der Waals surface area contributed by atoms with E-state index >= 15 is 0 Å². The summed E-state index contributed by atoms with van der Waals surface area (Å²) in [6, 6.07) is 17.9. The first kappa shape index (κ1) is 22.3. The number of hydrogen-bond donors (Lipinski definition) is 0. The topological polar surface area (TPSA) is 59.1 Å². The second-order valence-electron chi connectivity index (χ2n) is 8.78. The largest absolute Gasteiger partial charge is 0.497 e. The molecule has 4 rings (SSSR count). The highest BCUT2D eigenvalue weighted by molar-refractivity contribution is 5.85. The summed E-state index contributed by atoms with van der Waals surface area (Å²) in [5, 5.41) is 0. The zero-order valence-electron chi connectivity index (χ0n) is 18.7. The van der Waals surface area contributed by atoms with Gasteiger partial charge in [-0.05, 0) is 48.4 Å². The number of ether oxygens (including phenoxy) is 2. The van der Waals surface area contributed by atoms with Crippen molar-refractivity contribution in [2.24, 2.45) is 5.92 Å². The van der Waals surface area contributed by atoms with Gasteiger partial charge in [0.05, 0.1) is 26.4 Å². The predicted octanol–water partition coefficient (Wildman–Crippen LogP) is 3.29.